The van der Waals surface area contributed by atoms with Gasteiger partial charge in [0.2, 0.25) is 5.88 Å². The van der Waals surface area contributed by atoms with Gasteiger partial charge >= 0.3 is 0 Å². The van der Waals surface area contributed by atoms with Crippen LogP contribution in [0.15, 0.2) is 47.6 Å². The van der Waals surface area contributed by atoms with Crippen LogP contribution >= 0.6 is 0 Å². The topological polar surface area (TPSA) is 78.9 Å². The molecule has 0 saturated heterocycles. The number of benzene rings is 1. The van der Waals surface area contributed by atoms with Gasteiger partial charge in [0, 0.05) is 52.1 Å². The van der Waals surface area contributed by atoms with Crippen molar-refractivity contribution in [2.75, 3.05) is 21.1 Å². The third-order valence-electron chi connectivity index (χ3n) is 5.39. The molecule has 2 aromatic rings. The highest BCUT2D eigenvalue weighted by atomic mass is 16.5. The van der Waals surface area contributed by atoms with Gasteiger partial charge in [0.25, 0.3) is 5.91 Å². The van der Waals surface area contributed by atoms with Crippen molar-refractivity contribution >= 4 is 11.9 Å². The molecule has 1 aliphatic rings. The van der Waals surface area contributed by atoms with Gasteiger partial charge in [-0.25, -0.2) is 4.98 Å². The second-order valence-electron chi connectivity index (χ2n) is 8.06. The number of carbonyl (C=O) groups is 1. The Labute approximate surface area is 184 Å². The van der Waals surface area contributed by atoms with Gasteiger partial charge in [0.05, 0.1) is 0 Å². The average molecular weight is 424 g/mol. The second kappa shape index (κ2) is 11.3. The number of hydrogen-bond acceptors (Lipinski definition) is 4. The summed E-state index contributed by atoms with van der Waals surface area (Å²) in [6.45, 7) is 1.24. The Morgan fingerprint density at radius 2 is 1.74 bits per heavy atom. The van der Waals surface area contributed by atoms with E-state index in [1.165, 1.54) is 19.3 Å². The number of amides is 1. The lowest BCUT2D eigenvalue weighted by Gasteiger charge is -2.22. The van der Waals surface area contributed by atoms with Crippen LogP contribution in [0.3, 0.4) is 0 Å². The number of nitrogens with zero attached hydrogens (tertiary/aromatic N) is 3. The first kappa shape index (κ1) is 22.6. The largest absolute Gasteiger partial charge is 0.474 e. The van der Waals surface area contributed by atoms with Gasteiger partial charge in [-0.1, -0.05) is 18.6 Å². The fourth-order valence-corrected chi connectivity index (χ4v) is 3.59. The standard InChI is InChI=1S/C24H33N5O2/c1-25-24(27-16-18-9-11-20(12-10-18)23(30)29(2)3)28-17-19-13-14-26-22(15-19)31-21-7-5-4-6-8-21/h9-15,21H,4-8,16-17H2,1-3H3,(H2,25,27,28). The highest BCUT2D eigenvalue weighted by molar-refractivity contribution is 5.93. The first-order valence-corrected chi connectivity index (χ1v) is 10.9. The van der Waals surface area contributed by atoms with Crippen LogP contribution in [0.4, 0.5) is 0 Å². The molecule has 0 bridgehead atoms. The number of aromatic nitrogens is 1. The van der Waals surface area contributed by atoms with Crippen LogP contribution in [0.2, 0.25) is 0 Å². The molecule has 0 radical (unpaired) electrons. The lowest BCUT2D eigenvalue weighted by atomic mass is 9.98. The summed E-state index contributed by atoms with van der Waals surface area (Å²) in [7, 11) is 5.25. The molecule has 7 heteroatoms. The minimum Gasteiger partial charge on any atom is -0.474 e. The number of pyridine rings is 1. The van der Waals surface area contributed by atoms with Crippen LogP contribution in [0.1, 0.15) is 53.6 Å². The van der Waals surface area contributed by atoms with E-state index >= 15 is 0 Å². The monoisotopic (exact) mass is 423 g/mol. The summed E-state index contributed by atoms with van der Waals surface area (Å²) >= 11 is 0. The molecule has 1 aromatic carbocycles. The second-order valence-corrected chi connectivity index (χ2v) is 8.06. The smallest absolute Gasteiger partial charge is 0.253 e. The van der Waals surface area contributed by atoms with Crippen LogP contribution in [-0.4, -0.2) is 49.0 Å². The first-order valence-electron chi connectivity index (χ1n) is 10.9. The van der Waals surface area contributed by atoms with Crippen molar-refractivity contribution in [2.45, 2.75) is 51.3 Å². The minimum atomic E-state index is 0.00109. The van der Waals surface area contributed by atoms with Gasteiger partial charge in [-0.2, -0.15) is 0 Å². The number of guanidine groups is 1. The van der Waals surface area contributed by atoms with Crippen molar-refractivity contribution in [3.05, 3.63) is 59.3 Å². The summed E-state index contributed by atoms with van der Waals surface area (Å²) < 4.78 is 6.06. The Bertz CT molecular complexity index is 874. The van der Waals surface area contributed by atoms with Crippen LogP contribution in [0, 0.1) is 0 Å². The molecule has 0 spiro atoms. The van der Waals surface area contributed by atoms with E-state index in [0.29, 0.717) is 36.6 Å². The molecule has 166 valence electrons. The Morgan fingerprint density at radius 3 is 2.39 bits per heavy atom. The van der Waals surface area contributed by atoms with E-state index in [-0.39, 0.29) is 5.91 Å². The van der Waals surface area contributed by atoms with Gasteiger partial charge in [-0.15, -0.1) is 0 Å². The summed E-state index contributed by atoms with van der Waals surface area (Å²) in [5.74, 6) is 1.41. The number of ether oxygens (including phenoxy) is 1. The fraction of sp³-hybridized carbons (Fsp3) is 0.458. The minimum absolute atomic E-state index is 0.00109. The molecule has 31 heavy (non-hydrogen) atoms. The number of hydrogen-bond donors (Lipinski definition) is 2. The number of rotatable bonds is 7. The number of nitrogens with one attached hydrogen (secondary N) is 2. The van der Waals surface area contributed by atoms with Crippen molar-refractivity contribution in [3.8, 4) is 5.88 Å². The van der Waals surface area contributed by atoms with Crippen molar-refractivity contribution in [1.29, 1.82) is 0 Å². The molecule has 1 saturated carbocycles. The molecule has 0 aliphatic heterocycles. The molecule has 1 amide bonds. The van der Waals surface area contributed by atoms with Crippen LogP contribution < -0.4 is 15.4 Å². The highest BCUT2D eigenvalue weighted by Crippen LogP contribution is 2.22. The maximum atomic E-state index is 12.0. The van der Waals surface area contributed by atoms with Gasteiger partial charge in [0.1, 0.15) is 6.10 Å². The van der Waals surface area contributed by atoms with E-state index in [1.54, 1.807) is 32.2 Å². The molecular formula is C24H33N5O2. The van der Waals surface area contributed by atoms with E-state index in [2.05, 4.69) is 20.6 Å². The zero-order valence-electron chi connectivity index (χ0n) is 18.7. The van der Waals surface area contributed by atoms with Crippen LogP contribution in [-0.2, 0) is 13.1 Å². The quantitative estimate of drug-likeness (QED) is 0.527. The predicted molar refractivity (Wildman–Crippen MR) is 123 cm³/mol. The third kappa shape index (κ3) is 6.98. The van der Waals surface area contributed by atoms with E-state index in [9.17, 15) is 4.79 Å². The van der Waals surface area contributed by atoms with Gasteiger partial charge in [0.15, 0.2) is 5.96 Å². The van der Waals surface area contributed by atoms with Gasteiger partial charge in [-0.3, -0.25) is 9.79 Å². The van der Waals surface area contributed by atoms with Crippen LogP contribution in [0.5, 0.6) is 5.88 Å². The SMILES string of the molecule is CN=C(NCc1ccc(C(=O)N(C)C)cc1)NCc1ccnc(OC2CCCCC2)c1. The molecule has 7 nitrogen and oxygen atoms in total. The normalized spacial score (nSPS) is 14.7. The molecular weight excluding hydrogens is 390 g/mol. The van der Waals surface area contributed by atoms with E-state index in [0.717, 1.165) is 24.0 Å². The van der Waals surface area contributed by atoms with Crippen LogP contribution in [0.25, 0.3) is 0 Å². The van der Waals surface area contributed by atoms with E-state index < -0.39 is 0 Å². The molecule has 1 heterocycles. The Balaban J connectivity index is 1.48. The summed E-state index contributed by atoms with van der Waals surface area (Å²) in [5.41, 5.74) is 2.85. The summed E-state index contributed by atoms with van der Waals surface area (Å²) in [6, 6.07) is 11.6. The van der Waals surface area contributed by atoms with Crippen molar-refractivity contribution in [2.24, 2.45) is 4.99 Å². The molecule has 1 fully saturated rings. The Morgan fingerprint density at radius 1 is 1.06 bits per heavy atom. The number of carbonyl (C=O) groups excluding carboxylic acids is 1. The molecule has 1 aromatic heterocycles. The molecule has 3 rings (SSSR count). The van der Waals surface area contributed by atoms with E-state index in [1.807, 2.05) is 36.4 Å². The van der Waals surface area contributed by atoms with Crippen molar-refractivity contribution in [1.82, 2.24) is 20.5 Å². The van der Waals surface area contributed by atoms with Crippen molar-refractivity contribution in [3.63, 3.8) is 0 Å². The molecule has 2 N–H and O–H groups in total. The summed E-state index contributed by atoms with van der Waals surface area (Å²) in [5, 5.41) is 6.63. The fourth-order valence-electron chi connectivity index (χ4n) is 3.59. The Kier molecular flexibility index (Phi) is 8.27. The highest BCUT2D eigenvalue weighted by Gasteiger charge is 2.15. The third-order valence-corrected chi connectivity index (χ3v) is 5.39. The van der Waals surface area contributed by atoms with Gasteiger partial charge in [-0.05, 0) is 55.0 Å². The van der Waals surface area contributed by atoms with Gasteiger partial charge < -0.3 is 20.3 Å². The lowest BCUT2D eigenvalue weighted by Crippen LogP contribution is -2.36. The number of aliphatic imine (C=N–C) groups is 1. The van der Waals surface area contributed by atoms with Crippen molar-refractivity contribution < 1.29 is 9.53 Å². The zero-order chi connectivity index (χ0) is 22.1. The molecule has 0 atom stereocenters. The first-order chi connectivity index (χ1) is 15.0. The summed E-state index contributed by atoms with van der Waals surface area (Å²) in [6.07, 6.45) is 8.10. The Hall–Kier alpha value is -3.09. The summed E-state index contributed by atoms with van der Waals surface area (Å²) in [4.78, 5) is 22.2. The predicted octanol–water partition coefficient (Wildman–Crippen LogP) is 3.36. The lowest BCUT2D eigenvalue weighted by molar-refractivity contribution is 0.0827. The molecule has 1 aliphatic carbocycles. The molecule has 0 unspecified atom stereocenters. The van der Waals surface area contributed by atoms with E-state index in [4.69, 9.17) is 4.74 Å². The average Bonchev–Trinajstić information content (AvgIpc) is 2.80. The maximum Gasteiger partial charge on any atom is 0.253 e. The maximum absolute atomic E-state index is 12.0. The zero-order valence-corrected chi connectivity index (χ0v) is 18.7.